The maximum absolute atomic E-state index is 6.10. The van der Waals surface area contributed by atoms with Gasteiger partial charge in [-0.05, 0) is 37.5 Å². The summed E-state index contributed by atoms with van der Waals surface area (Å²) in [7, 11) is 0. The van der Waals surface area contributed by atoms with Gasteiger partial charge in [0.1, 0.15) is 11.3 Å². The predicted octanol–water partition coefficient (Wildman–Crippen LogP) is 3.79. The van der Waals surface area contributed by atoms with Gasteiger partial charge in [0.25, 0.3) is 0 Å². The summed E-state index contributed by atoms with van der Waals surface area (Å²) in [6.45, 7) is 6.43. The number of furan rings is 1. The highest BCUT2D eigenvalue weighted by atomic mass is 16.3. The Morgan fingerprint density at radius 1 is 1.25 bits per heavy atom. The number of benzene rings is 1. The van der Waals surface area contributed by atoms with Gasteiger partial charge < -0.3 is 10.2 Å². The molecule has 1 aromatic heterocycles. The van der Waals surface area contributed by atoms with Crippen molar-refractivity contribution in [1.29, 1.82) is 0 Å². The smallest absolute Gasteiger partial charge is 0.134 e. The normalized spacial score (nSPS) is 13.6. The summed E-state index contributed by atoms with van der Waals surface area (Å²) in [5.74, 6) is 1.49. The highest BCUT2D eigenvalue weighted by Crippen LogP contribution is 2.26. The SMILES string of the molecule is Cc1ccc2oc(C(N)CC(C)C)cc2c1. The first-order valence-electron chi connectivity index (χ1n) is 5.82. The van der Waals surface area contributed by atoms with Crippen LogP contribution < -0.4 is 5.73 Å². The third-order valence-electron chi connectivity index (χ3n) is 2.78. The number of rotatable bonds is 3. The molecule has 0 aliphatic heterocycles. The number of hydrogen-bond acceptors (Lipinski definition) is 2. The average Bonchev–Trinajstić information content (AvgIpc) is 2.59. The van der Waals surface area contributed by atoms with E-state index in [2.05, 4.69) is 39.0 Å². The third-order valence-corrected chi connectivity index (χ3v) is 2.78. The molecule has 1 heterocycles. The van der Waals surface area contributed by atoms with Crippen molar-refractivity contribution < 1.29 is 4.42 Å². The minimum absolute atomic E-state index is 0.00714. The molecule has 1 unspecified atom stereocenters. The van der Waals surface area contributed by atoms with Crippen LogP contribution in [0.25, 0.3) is 11.0 Å². The fourth-order valence-corrected chi connectivity index (χ4v) is 1.99. The van der Waals surface area contributed by atoms with Crippen LogP contribution >= 0.6 is 0 Å². The number of nitrogens with two attached hydrogens (primary N) is 1. The van der Waals surface area contributed by atoms with Crippen LogP contribution in [0, 0.1) is 12.8 Å². The van der Waals surface area contributed by atoms with E-state index in [4.69, 9.17) is 10.2 Å². The van der Waals surface area contributed by atoms with E-state index in [0.29, 0.717) is 5.92 Å². The molecule has 0 saturated heterocycles. The molecule has 0 saturated carbocycles. The van der Waals surface area contributed by atoms with Crippen molar-refractivity contribution in [2.24, 2.45) is 11.7 Å². The molecule has 1 aromatic carbocycles. The summed E-state index contributed by atoms with van der Waals surface area (Å²) in [5, 5.41) is 1.15. The highest BCUT2D eigenvalue weighted by Gasteiger charge is 2.13. The lowest BCUT2D eigenvalue weighted by Crippen LogP contribution is -2.11. The van der Waals surface area contributed by atoms with Crippen LogP contribution in [0.15, 0.2) is 28.7 Å². The molecule has 0 spiro atoms. The monoisotopic (exact) mass is 217 g/mol. The average molecular weight is 217 g/mol. The molecule has 16 heavy (non-hydrogen) atoms. The predicted molar refractivity (Wildman–Crippen MR) is 67.3 cm³/mol. The van der Waals surface area contributed by atoms with Crippen molar-refractivity contribution in [2.75, 3.05) is 0 Å². The van der Waals surface area contributed by atoms with Crippen LogP contribution in [0.4, 0.5) is 0 Å². The van der Waals surface area contributed by atoms with Gasteiger partial charge in [0.2, 0.25) is 0 Å². The van der Waals surface area contributed by atoms with Gasteiger partial charge in [0.15, 0.2) is 0 Å². The van der Waals surface area contributed by atoms with Gasteiger partial charge in [0.05, 0.1) is 6.04 Å². The van der Waals surface area contributed by atoms with E-state index in [9.17, 15) is 0 Å². The quantitative estimate of drug-likeness (QED) is 0.849. The summed E-state index contributed by atoms with van der Waals surface area (Å²) in [6, 6.07) is 8.27. The van der Waals surface area contributed by atoms with E-state index >= 15 is 0 Å². The maximum Gasteiger partial charge on any atom is 0.134 e. The van der Waals surface area contributed by atoms with Crippen molar-refractivity contribution in [3.63, 3.8) is 0 Å². The summed E-state index contributed by atoms with van der Waals surface area (Å²) in [6.07, 6.45) is 0.957. The minimum Gasteiger partial charge on any atom is -0.459 e. The van der Waals surface area contributed by atoms with Crippen LogP contribution in [-0.2, 0) is 0 Å². The van der Waals surface area contributed by atoms with Gasteiger partial charge in [-0.3, -0.25) is 0 Å². The Morgan fingerprint density at radius 3 is 2.69 bits per heavy atom. The zero-order valence-corrected chi connectivity index (χ0v) is 10.2. The Hall–Kier alpha value is -1.28. The van der Waals surface area contributed by atoms with Crippen molar-refractivity contribution in [2.45, 2.75) is 33.2 Å². The summed E-state index contributed by atoms with van der Waals surface area (Å²) in [4.78, 5) is 0. The van der Waals surface area contributed by atoms with Gasteiger partial charge in [-0.25, -0.2) is 0 Å². The van der Waals surface area contributed by atoms with E-state index in [1.165, 1.54) is 5.56 Å². The van der Waals surface area contributed by atoms with Gasteiger partial charge in [-0.1, -0.05) is 25.5 Å². The Morgan fingerprint density at radius 2 is 2.00 bits per heavy atom. The van der Waals surface area contributed by atoms with Crippen molar-refractivity contribution in [1.82, 2.24) is 0 Å². The van der Waals surface area contributed by atoms with Crippen LogP contribution in [0.3, 0.4) is 0 Å². The molecule has 1 atom stereocenters. The molecule has 0 radical (unpaired) electrons. The first kappa shape index (κ1) is 11.2. The number of aryl methyl sites for hydroxylation is 1. The topological polar surface area (TPSA) is 39.2 Å². The molecule has 0 amide bonds. The molecular formula is C14H19NO. The second kappa shape index (κ2) is 4.30. The second-order valence-corrected chi connectivity index (χ2v) is 4.93. The van der Waals surface area contributed by atoms with Crippen molar-refractivity contribution >= 4 is 11.0 Å². The third kappa shape index (κ3) is 2.27. The van der Waals surface area contributed by atoms with Gasteiger partial charge in [-0.15, -0.1) is 0 Å². The van der Waals surface area contributed by atoms with Crippen molar-refractivity contribution in [3.8, 4) is 0 Å². The zero-order chi connectivity index (χ0) is 11.7. The molecule has 2 nitrogen and oxygen atoms in total. The Bertz CT molecular complexity index is 484. The molecule has 0 bridgehead atoms. The molecule has 0 aliphatic carbocycles. The molecule has 2 rings (SSSR count). The Kier molecular flexibility index (Phi) is 3.01. The zero-order valence-electron chi connectivity index (χ0n) is 10.2. The first-order chi connectivity index (χ1) is 7.56. The van der Waals surface area contributed by atoms with Crippen LogP contribution in [0.2, 0.25) is 0 Å². The lowest BCUT2D eigenvalue weighted by atomic mass is 10.0. The molecule has 86 valence electrons. The lowest BCUT2D eigenvalue weighted by molar-refractivity contribution is 0.431. The number of hydrogen-bond donors (Lipinski definition) is 1. The molecule has 2 N–H and O–H groups in total. The molecule has 2 heteroatoms. The number of fused-ring (bicyclic) bond motifs is 1. The summed E-state index contributed by atoms with van der Waals surface area (Å²) < 4.78 is 5.76. The van der Waals surface area contributed by atoms with Gasteiger partial charge in [0, 0.05) is 5.39 Å². The van der Waals surface area contributed by atoms with Crippen LogP contribution in [0.5, 0.6) is 0 Å². The van der Waals surface area contributed by atoms with E-state index in [1.54, 1.807) is 0 Å². The van der Waals surface area contributed by atoms with Crippen molar-refractivity contribution in [3.05, 3.63) is 35.6 Å². The summed E-state index contributed by atoms with van der Waals surface area (Å²) >= 11 is 0. The van der Waals surface area contributed by atoms with Crippen LogP contribution in [-0.4, -0.2) is 0 Å². The lowest BCUT2D eigenvalue weighted by Gasteiger charge is -2.10. The summed E-state index contributed by atoms with van der Waals surface area (Å²) in [5.41, 5.74) is 8.28. The first-order valence-corrected chi connectivity index (χ1v) is 5.82. The standard InChI is InChI=1S/C14H19NO/c1-9(2)6-12(15)14-8-11-7-10(3)4-5-13(11)16-14/h4-5,7-9,12H,6,15H2,1-3H3. The van der Waals surface area contributed by atoms with Gasteiger partial charge in [-0.2, -0.15) is 0 Å². The highest BCUT2D eigenvalue weighted by molar-refractivity contribution is 5.78. The minimum atomic E-state index is 0.00714. The van der Waals surface area contributed by atoms with E-state index in [0.717, 1.165) is 23.2 Å². The van der Waals surface area contributed by atoms with E-state index in [1.807, 2.05) is 6.07 Å². The maximum atomic E-state index is 6.10. The van der Waals surface area contributed by atoms with E-state index < -0.39 is 0 Å². The molecule has 2 aromatic rings. The van der Waals surface area contributed by atoms with Gasteiger partial charge >= 0.3 is 0 Å². The molecule has 0 aliphatic rings. The fourth-order valence-electron chi connectivity index (χ4n) is 1.99. The van der Waals surface area contributed by atoms with Crippen LogP contribution in [0.1, 0.15) is 37.6 Å². The molecular weight excluding hydrogens is 198 g/mol. The largest absolute Gasteiger partial charge is 0.459 e. The Labute approximate surface area is 96.4 Å². The Balaban J connectivity index is 2.32. The molecule has 0 fully saturated rings. The fraction of sp³-hybridized carbons (Fsp3) is 0.429. The van der Waals surface area contributed by atoms with E-state index in [-0.39, 0.29) is 6.04 Å². The second-order valence-electron chi connectivity index (χ2n) is 4.93.